The number of Topliss-reactive ketones (excluding diaryl/α,β-unsaturated/α-hetero) is 3. The van der Waals surface area contributed by atoms with E-state index in [1.165, 1.54) is 74.4 Å². The molecule has 690 valence electrons. The number of H-pyrrole nitrogens is 1. The van der Waals surface area contributed by atoms with Crippen LogP contribution < -0.4 is 74.9 Å². The average molecular weight is 1740 g/mol. The number of para-hydroxylation sites is 1. The molecule has 0 saturated carbocycles. The quantitative estimate of drug-likeness (QED) is 0.0231. The van der Waals surface area contributed by atoms with E-state index in [1.54, 1.807) is 74.6 Å². The number of aliphatic hydroxyl groups is 1. The molecule has 1 aromatic heterocycles. The molecule has 18 N–H and O–H groups in total. The van der Waals surface area contributed by atoms with E-state index in [-0.39, 0.29) is 95.9 Å². The van der Waals surface area contributed by atoms with Gasteiger partial charge in [-0.2, -0.15) is 0 Å². The lowest BCUT2D eigenvalue weighted by atomic mass is 9.87. The van der Waals surface area contributed by atoms with Gasteiger partial charge in [0.05, 0.1) is 30.8 Å². The number of likely N-dealkylation sites (N-methyl/N-ethyl adjacent to an activating group) is 1. The van der Waals surface area contributed by atoms with E-state index >= 15 is 24.0 Å². The Hall–Kier alpha value is -11.3. The summed E-state index contributed by atoms with van der Waals surface area (Å²) in [5.41, 5.74) is 4.15. The number of phenols is 1. The largest absolute Gasteiger partial charge is 0.508 e. The Morgan fingerprint density at radius 1 is 0.568 bits per heavy atom. The number of primary amides is 1. The molecule has 34 nitrogen and oxygen atoms in total. The number of aromatic amines is 1. The van der Waals surface area contributed by atoms with Crippen LogP contribution in [0.5, 0.6) is 5.75 Å². The van der Waals surface area contributed by atoms with Gasteiger partial charge in [0.1, 0.15) is 65.2 Å². The van der Waals surface area contributed by atoms with Crippen molar-refractivity contribution < 1.29 is 86.9 Å². The molecule has 1 aliphatic heterocycles. The van der Waals surface area contributed by atoms with Crippen LogP contribution in [0.3, 0.4) is 0 Å². The van der Waals surface area contributed by atoms with Gasteiger partial charge in [-0.15, -0.1) is 0 Å². The summed E-state index contributed by atoms with van der Waals surface area (Å²) in [6.45, 7) is 21.4. The van der Waals surface area contributed by atoms with Gasteiger partial charge in [-0.05, 0) is 181 Å². The summed E-state index contributed by atoms with van der Waals surface area (Å²) in [5, 5.41) is 57.5. The number of ketones is 3. The highest BCUT2D eigenvalue weighted by molar-refractivity contribution is 6.41. The summed E-state index contributed by atoms with van der Waals surface area (Å²) in [7, 11) is 3.37. The normalized spacial score (nSPS) is 21.5. The Labute approximate surface area is 734 Å². The lowest BCUT2D eigenvalue weighted by Crippen LogP contribution is -2.64. The van der Waals surface area contributed by atoms with E-state index in [0.717, 1.165) is 10.9 Å². The van der Waals surface area contributed by atoms with Gasteiger partial charge in [-0.1, -0.05) is 134 Å². The Morgan fingerprint density at radius 3 is 1.74 bits per heavy atom. The monoisotopic (exact) mass is 1740 g/mol. The standard InChI is InChI=1S/C90H134N16O18.CH4/c1-51(2)43-63-37-40-72(109)68(47-64-49-93-67-34-28-27-33-66(64)67)100-83(119)70(46-62-35-38-65(108)39-36-62)101-81(117)59(11)98-88(124)90(14,105-85(121)71(45-61-31-25-24-26-32-61)102-86(122)74(60(12)107)103-84(120)69(44-52(3)4)99-73(110)50-106(15)16)42-30-23-21-19-17-18-20-22-29-41-89(13,104-82(63)118)87(123)97-58(10)80(116)96-57(9)79(115)95-56(8)78(114)94-55(7)76(112)75(111)54(6)92-48-53(5)77(91)113;/h18,20,24-28,31-36,38-39,49,51-60,63,68-71,74,92-93,107-108H,17,19,21-23,29-30,37,40-48,50H2,1-16H3,(H2,91,113)(H,94,114)(H,95,115)(H,96,116)(H,97,123)(H,98,124)(H,99,110)(H,100,119)(H,101,117)(H,102,122)(H,103,120)(H,104,118)(H,105,121);1H4/b20-18+;/t53-,54-,55-,56?,57-,58?,59?,60+,63-,68-,69-,70-,71-,74-,89-,90+;/m0./s1. The van der Waals surface area contributed by atoms with Gasteiger partial charge in [0.25, 0.3) is 0 Å². The number of benzene rings is 3. The Bertz CT molecular complexity index is 4360. The van der Waals surface area contributed by atoms with Crippen molar-refractivity contribution in [1.29, 1.82) is 0 Å². The molecule has 1 aliphatic rings. The second-order valence-electron chi connectivity index (χ2n) is 34.6. The lowest BCUT2D eigenvalue weighted by molar-refractivity contribution is -0.140. The third kappa shape index (κ3) is 35.0. The maximum atomic E-state index is 15.3. The zero-order valence-corrected chi connectivity index (χ0v) is 74.7. The summed E-state index contributed by atoms with van der Waals surface area (Å²) in [6.07, 6.45) is 7.18. The highest BCUT2D eigenvalue weighted by Crippen LogP contribution is 2.27. The number of aromatic hydroxyl groups is 1. The summed E-state index contributed by atoms with van der Waals surface area (Å²) in [6, 6.07) is 7.14. The maximum absolute atomic E-state index is 15.3. The first-order valence-electron chi connectivity index (χ1n) is 43.0. The van der Waals surface area contributed by atoms with E-state index in [4.69, 9.17) is 5.73 Å². The minimum atomic E-state index is -1.84. The number of rotatable bonds is 35. The number of hydrogen-bond acceptors (Lipinski definition) is 20. The van der Waals surface area contributed by atoms with Crippen LogP contribution in [0.1, 0.15) is 205 Å². The number of nitrogens with one attached hydrogen (secondary N) is 14. The van der Waals surface area contributed by atoms with Gasteiger partial charge in [-0.25, -0.2) is 0 Å². The highest BCUT2D eigenvalue weighted by Gasteiger charge is 2.43. The molecular weight excluding hydrogens is 1610 g/mol. The Balaban J connectivity index is 0.0000328. The highest BCUT2D eigenvalue weighted by atomic mass is 16.3. The molecule has 3 aromatic carbocycles. The van der Waals surface area contributed by atoms with Crippen LogP contribution >= 0.6 is 0 Å². The number of allylic oxidation sites excluding steroid dienone is 2. The van der Waals surface area contributed by atoms with Crippen molar-refractivity contribution in [1.82, 2.24) is 79.0 Å². The number of aromatic nitrogens is 1. The van der Waals surface area contributed by atoms with Crippen LogP contribution in [0.15, 0.2) is 97.2 Å². The van der Waals surface area contributed by atoms with E-state index < -0.39 is 190 Å². The van der Waals surface area contributed by atoms with Gasteiger partial charge < -0.3 is 94.9 Å². The molecule has 0 bridgehead atoms. The van der Waals surface area contributed by atoms with Crippen LogP contribution in [0, 0.1) is 23.7 Å². The van der Waals surface area contributed by atoms with Crippen LogP contribution in [0.25, 0.3) is 10.9 Å². The van der Waals surface area contributed by atoms with Crippen molar-refractivity contribution in [2.45, 2.75) is 291 Å². The third-order valence-electron chi connectivity index (χ3n) is 21.9. The Kier molecular flexibility index (Phi) is 43.5. The van der Waals surface area contributed by atoms with Crippen molar-refractivity contribution in [2.24, 2.45) is 29.4 Å². The average Bonchev–Trinajstić information content (AvgIpc) is 1.80. The van der Waals surface area contributed by atoms with Crippen molar-refractivity contribution >= 4 is 105 Å². The number of nitrogens with zero attached hydrogens (tertiary/aromatic N) is 1. The number of fused-ring (bicyclic) bond motifs is 1. The second-order valence-corrected chi connectivity index (χ2v) is 34.6. The molecule has 4 aromatic rings. The fourth-order valence-electron chi connectivity index (χ4n) is 14.2. The van der Waals surface area contributed by atoms with E-state index in [1.807, 2.05) is 64.1 Å². The number of nitrogens with two attached hydrogens (primary N) is 1. The molecule has 125 heavy (non-hydrogen) atoms. The van der Waals surface area contributed by atoms with Gasteiger partial charge in [0.15, 0.2) is 5.78 Å². The van der Waals surface area contributed by atoms with E-state index in [2.05, 4.69) is 74.1 Å². The van der Waals surface area contributed by atoms with Gasteiger partial charge in [0.2, 0.25) is 88.4 Å². The predicted octanol–water partition coefficient (Wildman–Crippen LogP) is 3.55. The first kappa shape index (κ1) is 106. The zero-order chi connectivity index (χ0) is 92.5. The van der Waals surface area contributed by atoms with Crippen LogP contribution in [-0.2, 0) is 96.0 Å². The van der Waals surface area contributed by atoms with E-state index in [0.29, 0.717) is 61.6 Å². The molecule has 0 fully saturated rings. The first-order valence-corrected chi connectivity index (χ1v) is 43.0. The third-order valence-corrected chi connectivity index (χ3v) is 21.9. The molecule has 34 heteroatoms. The van der Waals surface area contributed by atoms with Crippen molar-refractivity contribution in [3.05, 3.63) is 114 Å². The Morgan fingerprint density at radius 2 is 1.14 bits per heavy atom. The number of amides is 13. The van der Waals surface area contributed by atoms with Crippen LogP contribution in [0.2, 0.25) is 0 Å². The van der Waals surface area contributed by atoms with Gasteiger partial charge >= 0.3 is 0 Å². The summed E-state index contributed by atoms with van der Waals surface area (Å²) in [4.78, 5) is 230. The van der Waals surface area contributed by atoms with Crippen LogP contribution in [0.4, 0.5) is 0 Å². The molecule has 0 saturated heterocycles. The number of phenolic OH excluding ortho intramolecular Hbond substituents is 1. The molecule has 0 aliphatic carbocycles. The number of carbonyl (C=O) groups excluding carboxylic acids is 16. The second kappa shape index (κ2) is 51.2. The molecule has 16 atom stereocenters. The smallest absolute Gasteiger partial charge is 0.246 e. The fourth-order valence-corrected chi connectivity index (χ4v) is 14.2. The minimum absolute atomic E-state index is 0. The molecule has 0 spiro atoms. The molecule has 3 unspecified atom stereocenters. The minimum Gasteiger partial charge on any atom is -0.508 e. The first-order chi connectivity index (χ1) is 58.3. The summed E-state index contributed by atoms with van der Waals surface area (Å²) in [5.74, 6) is -14.2. The molecule has 13 amide bonds. The molecule has 2 heterocycles. The topological polar surface area (TPSA) is 515 Å². The number of aliphatic hydroxyl groups excluding tert-OH is 1. The molecular formula is C91H138N16O18. The number of hydrogen-bond donors (Lipinski definition) is 17. The maximum Gasteiger partial charge on any atom is 0.246 e. The van der Waals surface area contributed by atoms with Crippen molar-refractivity contribution in [2.75, 3.05) is 27.2 Å². The summed E-state index contributed by atoms with van der Waals surface area (Å²) >= 11 is 0. The van der Waals surface area contributed by atoms with E-state index in [9.17, 15) is 63.0 Å². The number of carbonyl (C=O) groups is 16. The van der Waals surface area contributed by atoms with Crippen LogP contribution in [-0.4, -0.2) is 225 Å². The SMILES string of the molecule is C.CC(C)C[C@@H]1CCC(=O)[C@H](Cc2c[nH]c3ccccc23)NC(=O)[C@H](Cc2ccc(O)cc2)NC(=O)C(C)NC(=O)[C@](C)(NC(=O)[C@H](Cc2ccccc2)NC(=O)[C@@H](NC(=O)[C@H](CC(C)C)NC(=O)CN(C)C)[C@@H](C)O)CCCCCC/C=C/CCC[C@@](C)(C(=O)NC(C)C(=O)N[C@@H](C)C(=O)NC(C)C(=O)N[C@@H](C)C(=O)C(=O)[C@H](C)NC[C@H](C)C(N)=O)NC1=O. The van der Waals surface area contributed by atoms with Crippen molar-refractivity contribution in [3.8, 4) is 5.75 Å². The van der Waals surface area contributed by atoms with Crippen molar-refractivity contribution in [3.63, 3.8) is 0 Å². The predicted molar refractivity (Wildman–Crippen MR) is 475 cm³/mol. The lowest BCUT2D eigenvalue weighted by Gasteiger charge is -2.33. The van der Waals surface area contributed by atoms with Gasteiger partial charge in [-0.3, -0.25) is 76.7 Å². The molecule has 5 rings (SSSR count). The summed E-state index contributed by atoms with van der Waals surface area (Å²) < 4.78 is 0. The zero-order valence-electron chi connectivity index (χ0n) is 74.7. The fraction of sp³-hybridized carbons (Fsp3) is 0.582. The van der Waals surface area contributed by atoms with Gasteiger partial charge in [0, 0.05) is 61.2 Å². The molecule has 0 radical (unpaired) electrons.